The molecule has 0 heterocycles. The Morgan fingerprint density at radius 1 is 0.397 bits per heavy atom. The predicted octanol–water partition coefficient (Wildman–Crippen LogP) is 22.9. The summed E-state index contributed by atoms with van der Waals surface area (Å²) in [6, 6.07) is 51.2. The topological polar surface area (TPSA) is 0 Å². The Kier molecular flexibility index (Phi) is 35.4. The van der Waals surface area contributed by atoms with Crippen molar-refractivity contribution in [2.75, 3.05) is 0 Å². The van der Waals surface area contributed by atoms with Crippen molar-refractivity contribution in [3.05, 3.63) is 192 Å². The summed E-state index contributed by atoms with van der Waals surface area (Å²) in [4.78, 5) is 0. The second-order valence-corrected chi connectivity index (χ2v) is 24.0. The van der Waals surface area contributed by atoms with E-state index in [1.165, 1.54) is 130 Å². The second-order valence-electron chi connectivity index (χ2n) is 24.0. The lowest BCUT2D eigenvalue weighted by Crippen LogP contribution is -2.12. The fraction of sp³-hybridized carbons (Fsp3) is 0.534. The van der Waals surface area contributed by atoms with Gasteiger partial charge < -0.3 is 0 Å². The first-order chi connectivity index (χ1) is 35.0. The van der Waals surface area contributed by atoms with Crippen LogP contribution in [0.5, 0.6) is 0 Å². The zero-order valence-corrected chi connectivity index (χ0v) is 49.6. The number of hydrogen-bond donors (Lipinski definition) is 0. The van der Waals surface area contributed by atoms with E-state index in [1.807, 2.05) is 6.07 Å². The Hall–Kier alpha value is -4.42. The van der Waals surface area contributed by atoms with Crippen LogP contribution >= 0.6 is 0 Å². The highest BCUT2D eigenvalue weighted by Crippen LogP contribution is 2.30. The van der Waals surface area contributed by atoms with Crippen LogP contribution < -0.4 is 0 Å². The maximum atomic E-state index is 2.36. The molecule has 0 N–H and O–H groups in total. The molecule has 0 bridgehead atoms. The van der Waals surface area contributed by atoms with Gasteiger partial charge in [0.15, 0.2) is 0 Å². The fourth-order valence-electron chi connectivity index (χ4n) is 9.74. The van der Waals surface area contributed by atoms with Crippen LogP contribution in [0.4, 0.5) is 0 Å². The third kappa shape index (κ3) is 33.2. The lowest BCUT2D eigenvalue weighted by atomic mass is 9.82. The molecule has 402 valence electrons. The minimum Gasteiger partial charge on any atom is -0.0805 e. The highest BCUT2D eigenvalue weighted by Gasteiger charge is 2.16. The van der Waals surface area contributed by atoms with E-state index in [0.717, 1.165) is 53.8 Å². The van der Waals surface area contributed by atoms with Crippen molar-refractivity contribution in [2.45, 2.75) is 206 Å². The van der Waals surface area contributed by atoms with Crippen molar-refractivity contribution in [3.63, 3.8) is 0 Å². The van der Waals surface area contributed by atoms with E-state index in [0.29, 0.717) is 5.92 Å². The highest BCUT2D eigenvalue weighted by molar-refractivity contribution is 5.63. The number of benzene rings is 5. The molecule has 0 spiro atoms. The first-order valence-corrected chi connectivity index (χ1v) is 29.7. The second kappa shape index (κ2) is 40.0. The molecule has 5 aromatic carbocycles. The summed E-state index contributed by atoms with van der Waals surface area (Å²) in [7, 11) is 0. The lowest BCUT2D eigenvalue weighted by molar-refractivity contribution is 0.279. The maximum Gasteiger partial charge on any atom is -0.0130 e. The van der Waals surface area contributed by atoms with Gasteiger partial charge in [-0.1, -0.05) is 331 Å². The van der Waals surface area contributed by atoms with Crippen molar-refractivity contribution in [1.29, 1.82) is 0 Å². The summed E-state index contributed by atoms with van der Waals surface area (Å²) >= 11 is 0. The smallest absolute Gasteiger partial charge is 0.0130 e. The van der Waals surface area contributed by atoms with E-state index in [-0.39, 0.29) is 0 Å². The Morgan fingerprint density at radius 2 is 0.836 bits per heavy atom. The molecular weight excluding hydrogens is 877 g/mol. The van der Waals surface area contributed by atoms with Gasteiger partial charge in [-0.2, -0.15) is 0 Å². The number of rotatable bonds is 13. The molecule has 8 rings (SSSR count). The van der Waals surface area contributed by atoms with Gasteiger partial charge in [0, 0.05) is 0 Å². The number of aryl methyl sites for hydroxylation is 1. The van der Waals surface area contributed by atoms with Crippen LogP contribution in [-0.2, 0) is 19.3 Å². The van der Waals surface area contributed by atoms with Gasteiger partial charge in [0.05, 0.1) is 0 Å². The molecule has 0 atom stereocenters. The molecule has 3 aliphatic carbocycles. The van der Waals surface area contributed by atoms with E-state index in [4.69, 9.17) is 0 Å². The standard InChI is InChI=1S/C16H18.C11H16.C10H20.C10H14.C9H18.C9H12.C8H12/c1-13(2)12-14-8-10-16(11-9-14)15-6-4-3-5-7-15;1-10(2)8-9-11-6-4-3-5-7-11;2*1-9(2)8-10-6-4-3-5-7-10;2*1-8(2)9-6-4-3-5-7-9;1-7(2)8-5-3-4-6-8/h3-11,13H,12H2,1-2H3;3-7,10H,8-9H2,1-2H3;9-10H,3-8H2,1-2H3;3-7,9H,8H2,1-2H3;8-9H,3-7H2,1-2H3;3-8H,1-2H3;3-5,7H,6H2,1-2H3. The molecule has 0 aromatic heterocycles. The molecule has 73 heavy (non-hydrogen) atoms. The van der Waals surface area contributed by atoms with E-state index in [1.54, 1.807) is 5.57 Å². The molecule has 0 unspecified atom stereocenters. The molecule has 0 radical (unpaired) electrons. The minimum absolute atomic E-state index is 0.659. The molecule has 2 fully saturated rings. The van der Waals surface area contributed by atoms with Gasteiger partial charge >= 0.3 is 0 Å². The minimum atomic E-state index is 0.659. The summed E-state index contributed by atoms with van der Waals surface area (Å²) in [6.45, 7) is 31.8. The molecule has 5 aromatic rings. The van der Waals surface area contributed by atoms with Crippen LogP contribution in [0.25, 0.3) is 11.1 Å². The predicted molar refractivity (Wildman–Crippen MR) is 330 cm³/mol. The zero-order chi connectivity index (χ0) is 53.6. The fourth-order valence-corrected chi connectivity index (χ4v) is 9.74. The Bertz CT molecular complexity index is 2030. The molecule has 0 amide bonds. The summed E-state index contributed by atoms with van der Waals surface area (Å²) in [5.41, 5.74) is 9.89. The first-order valence-electron chi connectivity index (χ1n) is 29.7. The first kappa shape index (κ1) is 64.7. The van der Waals surface area contributed by atoms with Gasteiger partial charge in [-0.15, -0.1) is 0 Å². The van der Waals surface area contributed by atoms with Gasteiger partial charge in [-0.3, -0.25) is 0 Å². The van der Waals surface area contributed by atoms with Crippen LogP contribution in [0.15, 0.2) is 169 Å². The molecule has 0 saturated heterocycles. The Labute approximate surface area is 453 Å². The quantitative estimate of drug-likeness (QED) is 0.110. The molecule has 2 saturated carbocycles. The largest absolute Gasteiger partial charge is 0.0805 e. The SMILES string of the molecule is CC(C)C1=CC=CC1.CC(C)C1CCCCC1.CC(C)CC1CCCCC1.CC(C)CCc1ccccc1.CC(C)Cc1ccc(-c2ccccc2)cc1.CC(C)Cc1ccccc1.CC(C)c1ccccc1. The van der Waals surface area contributed by atoms with Crippen molar-refractivity contribution in [2.24, 2.45) is 47.3 Å². The van der Waals surface area contributed by atoms with E-state index >= 15 is 0 Å². The summed E-state index contributed by atoms with van der Waals surface area (Å²) in [6.07, 6.45) is 29.1. The number of hydrogen-bond acceptors (Lipinski definition) is 0. The van der Waals surface area contributed by atoms with Crippen LogP contribution in [0, 0.1) is 47.3 Å². The van der Waals surface area contributed by atoms with Crippen LogP contribution in [-0.4, -0.2) is 0 Å². The summed E-state index contributed by atoms with van der Waals surface area (Å²) in [5, 5.41) is 0. The van der Waals surface area contributed by atoms with Gasteiger partial charge in [0.1, 0.15) is 0 Å². The average Bonchev–Trinajstić information content (AvgIpc) is 3.95. The van der Waals surface area contributed by atoms with Crippen molar-refractivity contribution in [3.8, 4) is 11.1 Å². The molecular formula is C73H110. The summed E-state index contributed by atoms with van der Waals surface area (Å²) in [5.74, 6) is 7.69. The van der Waals surface area contributed by atoms with Crippen LogP contribution in [0.3, 0.4) is 0 Å². The molecule has 3 aliphatic rings. The lowest BCUT2D eigenvalue weighted by Gasteiger charge is -2.24. The van der Waals surface area contributed by atoms with E-state index in [2.05, 4.69) is 255 Å². The van der Waals surface area contributed by atoms with E-state index < -0.39 is 0 Å². The molecule has 0 aliphatic heterocycles. The average molecular weight is 988 g/mol. The maximum absolute atomic E-state index is 2.36. The molecule has 0 nitrogen and oxygen atoms in total. The molecule has 0 heteroatoms. The van der Waals surface area contributed by atoms with Crippen molar-refractivity contribution in [1.82, 2.24) is 0 Å². The van der Waals surface area contributed by atoms with E-state index in [9.17, 15) is 0 Å². The van der Waals surface area contributed by atoms with Crippen molar-refractivity contribution < 1.29 is 0 Å². The van der Waals surface area contributed by atoms with Gasteiger partial charge in [-0.05, 0) is 125 Å². The summed E-state index contributed by atoms with van der Waals surface area (Å²) < 4.78 is 0. The third-order valence-corrected chi connectivity index (χ3v) is 14.2. The van der Waals surface area contributed by atoms with Crippen LogP contribution in [0.1, 0.15) is 209 Å². The number of allylic oxidation sites excluding steroid dienone is 4. The van der Waals surface area contributed by atoms with Crippen LogP contribution in [0.2, 0.25) is 0 Å². The Morgan fingerprint density at radius 3 is 1.21 bits per heavy atom. The van der Waals surface area contributed by atoms with Crippen molar-refractivity contribution >= 4 is 0 Å². The normalized spacial score (nSPS) is 14.3. The zero-order valence-electron chi connectivity index (χ0n) is 49.6. The van der Waals surface area contributed by atoms with Gasteiger partial charge in [0.25, 0.3) is 0 Å². The third-order valence-electron chi connectivity index (χ3n) is 14.2. The van der Waals surface area contributed by atoms with Gasteiger partial charge in [0.2, 0.25) is 0 Å². The van der Waals surface area contributed by atoms with Gasteiger partial charge in [-0.25, -0.2) is 0 Å². The monoisotopic (exact) mass is 987 g/mol. The Balaban J connectivity index is 0.000000295. The highest BCUT2D eigenvalue weighted by atomic mass is 14.2.